The Balaban J connectivity index is 1.45. The second kappa shape index (κ2) is 11.8. The van der Waals surface area contributed by atoms with Crippen molar-refractivity contribution >= 4 is 57.5 Å². The monoisotopic (exact) mass is 513 g/mol. The topological polar surface area (TPSA) is 80.3 Å². The van der Waals surface area contributed by atoms with Crippen LogP contribution in [0.3, 0.4) is 0 Å². The maximum absolute atomic E-state index is 13.1. The highest BCUT2D eigenvalue weighted by molar-refractivity contribution is 8.01. The number of ether oxygens (including phenoxy) is 1. The second-order valence-corrected chi connectivity index (χ2v) is 11.0. The summed E-state index contributed by atoms with van der Waals surface area (Å²) >= 11 is 4.78. The third kappa shape index (κ3) is 6.14. The molecule has 0 saturated heterocycles. The summed E-state index contributed by atoms with van der Waals surface area (Å²) < 4.78 is 6.38. The molecule has 1 saturated carbocycles. The molecule has 1 heterocycles. The van der Waals surface area contributed by atoms with E-state index in [1.165, 1.54) is 16.2 Å². The summed E-state index contributed by atoms with van der Waals surface area (Å²) in [5, 5.41) is 6.22. The van der Waals surface area contributed by atoms with Crippen molar-refractivity contribution < 1.29 is 14.3 Å². The molecular formula is C25H27N3O3S3. The van der Waals surface area contributed by atoms with Gasteiger partial charge in [-0.05, 0) is 49.4 Å². The van der Waals surface area contributed by atoms with Crippen molar-refractivity contribution in [3.8, 4) is 5.75 Å². The summed E-state index contributed by atoms with van der Waals surface area (Å²) in [5.41, 5.74) is 1.92. The van der Waals surface area contributed by atoms with Gasteiger partial charge in [0.2, 0.25) is 0 Å². The summed E-state index contributed by atoms with van der Waals surface area (Å²) in [6.07, 6.45) is 5.92. The van der Waals surface area contributed by atoms with Gasteiger partial charge in [-0.15, -0.1) is 23.5 Å². The number of hydrogen-bond donors (Lipinski definition) is 2. The number of nitrogens with zero attached hydrogens (tertiary/aromatic N) is 1. The number of urea groups is 1. The molecule has 178 valence electrons. The maximum Gasteiger partial charge on any atom is 0.325 e. The summed E-state index contributed by atoms with van der Waals surface area (Å²) in [5.74, 6) is 1.38. The van der Waals surface area contributed by atoms with Crippen LogP contribution in [0.15, 0.2) is 57.6 Å². The van der Waals surface area contributed by atoms with Gasteiger partial charge in [0.1, 0.15) is 5.75 Å². The molecule has 0 aliphatic heterocycles. The molecule has 2 aromatic carbocycles. The van der Waals surface area contributed by atoms with Crippen molar-refractivity contribution in [2.75, 3.05) is 24.0 Å². The van der Waals surface area contributed by atoms with Gasteiger partial charge in [-0.1, -0.05) is 42.4 Å². The first kappa shape index (κ1) is 24.6. The van der Waals surface area contributed by atoms with Crippen molar-refractivity contribution in [3.63, 3.8) is 0 Å². The zero-order valence-electron chi connectivity index (χ0n) is 19.1. The average molecular weight is 514 g/mol. The molecule has 3 aromatic rings. The van der Waals surface area contributed by atoms with E-state index in [1.807, 2.05) is 24.5 Å². The van der Waals surface area contributed by atoms with E-state index in [2.05, 4.69) is 27.8 Å². The number of aromatic nitrogens is 1. The minimum absolute atomic E-state index is 0.00323. The van der Waals surface area contributed by atoms with Gasteiger partial charge in [0.15, 0.2) is 10.9 Å². The van der Waals surface area contributed by atoms with Gasteiger partial charge in [0, 0.05) is 22.1 Å². The standard InChI is InChI=1S/C25H27N3O3S3/c1-31-17-12-13-20(19(14-17)22(29)16-8-6-7-9-16)26-24(30)28-25-27-21(23(32-2)34-25)15-33-18-10-4-3-5-11-18/h3-5,10-14,16H,6-9,15H2,1-2H3,(H2,26,27,28,30). The van der Waals surface area contributed by atoms with Crippen LogP contribution < -0.4 is 15.4 Å². The van der Waals surface area contributed by atoms with E-state index in [0.29, 0.717) is 22.1 Å². The van der Waals surface area contributed by atoms with Crippen LogP contribution in [0, 0.1) is 5.92 Å². The molecule has 0 unspecified atom stereocenters. The van der Waals surface area contributed by atoms with Crippen molar-refractivity contribution in [1.82, 2.24) is 4.98 Å². The fraction of sp³-hybridized carbons (Fsp3) is 0.320. The number of rotatable bonds is 9. The van der Waals surface area contributed by atoms with Gasteiger partial charge in [-0.2, -0.15) is 0 Å². The Bertz CT molecular complexity index is 1140. The lowest BCUT2D eigenvalue weighted by Gasteiger charge is -2.15. The quantitative estimate of drug-likeness (QED) is 0.233. The first-order chi connectivity index (χ1) is 16.6. The molecular weight excluding hydrogens is 486 g/mol. The minimum atomic E-state index is -0.422. The molecule has 1 aliphatic rings. The Kier molecular flexibility index (Phi) is 8.53. The second-order valence-electron chi connectivity index (χ2n) is 7.90. The van der Waals surface area contributed by atoms with E-state index in [-0.39, 0.29) is 11.7 Å². The lowest BCUT2D eigenvalue weighted by atomic mass is 9.95. The van der Waals surface area contributed by atoms with Gasteiger partial charge in [-0.25, -0.2) is 9.78 Å². The average Bonchev–Trinajstić information content (AvgIpc) is 3.53. The Labute approximate surface area is 212 Å². The van der Waals surface area contributed by atoms with Crippen molar-refractivity contribution in [2.24, 2.45) is 5.92 Å². The van der Waals surface area contributed by atoms with E-state index in [1.54, 1.807) is 48.8 Å². The van der Waals surface area contributed by atoms with Crippen LogP contribution in [-0.2, 0) is 5.75 Å². The van der Waals surface area contributed by atoms with Gasteiger partial charge in [0.25, 0.3) is 0 Å². The molecule has 4 rings (SSSR count). The van der Waals surface area contributed by atoms with E-state index < -0.39 is 6.03 Å². The molecule has 1 aromatic heterocycles. The number of amides is 2. The predicted octanol–water partition coefficient (Wildman–Crippen LogP) is 7.18. The van der Waals surface area contributed by atoms with Crippen LogP contribution in [0.4, 0.5) is 15.6 Å². The normalized spacial score (nSPS) is 13.6. The first-order valence-electron chi connectivity index (χ1n) is 11.1. The zero-order chi connectivity index (χ0) is 23.9. The summed E-state index contributed by atoms with van der Waals surface area (Å²) in [4.78, 5) is 31.7. The highest BCUT2D eigenvalue weighted by Crippen LogP contribution is 2.35. The first-order valence-corrected chi connectivity index (χ1v) is 14.1. The van der Waals surface area contributed by atoms with Gasteiger partial charge in [-0.3, -0.25) is 10.1 Å². The number of thioether (sulfide) groups is 2. The van der Waals surface area contributed by atoms with Crippen LogP contribution in [0.1, 0.15) is 41.7 Å². The third-order valence-electron chi connectivity index (χ3n) is 5.65. The maximum atomic E-state index is 13.1. The van der Waals surface area contributed by atoms with Crippen molar-refractivity contribution in [3.05, 3.63) is 59.8 Å². The molecule has 0 atom stereocenters. The molecule has 1 fully saturated rings. The molecule has 2 N–H and O–H groups in total. The number of anilines is 2. The van der Waals surface area contributed by atoms with E-state index in [0.717, 1.165) is 41.3 Å². The third-order valence-corrected chi connectivity index (χ3v) is 8.84. The van der Waals surface area contributed by atoms with Crippen LogP contribution in [-0.4, -0.2) is 30.2 Å². The number of hydrogen-bond acceptors (Lipinski definition) is 7. The predicted molar refractivity (Wildman–Crippen MR) is 142 cm³/mol. The van der Waals surface area contributed by atoms with Crippen LogP contribution in [0.2, 0.25) is 0 Å². The highest BCUT2D eigenvalue weighted by Gasteiger charge is 2.26. The Hall–Kier alpha value is -2.49. The molecule has 34 heavy (non-hydrogen) atoms. The van der Waals surface area contributed by atoms with Crippen LogP contribution in [0.5, 0.6) is 5.75 Å². The fourth-order valence-corrected chi connectivity index (χ4v) is 6.61. The summed E-state index contributed by atoms with van der Waals surface area (Å²) in [7, 11) is 1.57. The number of benzene rings is 2. The fourth-order valence-electron chi connectivity index (χ4n) is 3.93. The molecule has 1 aliphatic carbocycles. The van der Waals surface area contributed by atoms with Crippen LogP contribution in [0.25, 0.3) is 0 Å². The number of ketones is 1. The molecule has 6 nitrogen and oxygen atoms in total. The number of methoxy groups -OCH3 is 1. The number of carbonyl (C=O) groups excluding carboxylic acids is 2. The molecule has 0 bridgehead atoms. The summed E-state index contributed by atoms with van der Waals surface area (Å²) in [6, 6.07) is 14.9. The van der Waals surface area contributed by atoms with Crippen molar-refractivity contribution in [1.29, 1.82) is 0 Å². The molecule has 9 heteroatoms. The Morgan fingerprint density at radius 3 is 2.59 bits per heavy atom. The molecule has 0 spiro atoms. The summed E-state index contributed by atoms with van der Waals surface area (Å²) in [6.45, 7) is 0. The van der Waals surface area contributed by atoms with E-state index in [9.17, 15) is 9.59 Å². The van der Waals surface area contributed by atoms with E-state index >= 15 is 0 Å². The van der Waals surface area contributed by atoms with Gasteiger partial charge < -0.3 is 10.1 Å². The highest BCUT2D eigenvalue weighted by atomic mass is 32.2. The number of thiazole rings is 1. The number of Topliss-reactive ketones (excluding diaryl/α,β-unsaturated/α-hetero) is 1. The molecule has 0 radical (unpaired) electrons. The zero-order valence-corrected chi connectivity index (χ0v) is 21.6. The van der Waals surface area contributed by atoms with Gasteiger partial charge >= 0.3 is 6.03 Å². The van der Waals surface area contributed by atoms with E-state index in [4.69, 9.17) is 4.74 Å². The van der Waals surface area contributed by atoms with Gasteiger partial charge in [0.05, 0.1) is 22.7 Å². The Morgan fingerprint density at radius 2 is 1.88 bits per heavy atom. The molecule has 2 amide bonds. The Morgan fingerprint density at radius 1 is 1.12 bits per heavy atom. The largest absolute Gasteiger partial charge is 0.497 e. The number of carbonyl (C=O) groups is 2. The minimum Gasteiger partial charge on any atom is -0.497 e. The van der Waals surface area contributed by atoms with Crippen LogP contribution >= 0.6 is 34.9 Å². The lowest BCUT2D eigenvalue weighted by molar-refractivity contribution is 0.0923. The SMILES string of the molecule is COc1ccc(NC(=O)Nc2nc(CSc3ccccc3)c(SC)s2)c(C(=O)C2CCCC2)c1. The smallest absolute Gasteiger partial charge is 0.325 e. The van der Waals surface area contributed by atoms with Crippen molar-refractivity contribution in [2.45, 2.75) is 40.5 Å². The lowest BCUT2D eigenvalue weighted by Crippen LogP contribution is -2.22. The number of nitrogens with one attached hydrogen (secondary N) is 2.